The largest absolute Gasteiger partial charge is 0.416 e. The molecule has 6 nitrogen and oxygen atoms in total. The fourth-order valence-electron chi connectivity index (χ4n) is 4.63. The lowest BCUT2D eigenvalue weighted by atomic mass is 9.82. The zero-order valence-corrected chi connectivity index (χ0v) is 17.5. The van der Waals surface area contributed by atoms with E-state index < -0.39 is 11.7 Å². The standard InChI is InChI=1S/C22H27F3N4O2/c1-14-26-11-20(27-14)17-10-16(15-2-4-18(5-3-15)22(23,24)25)12-29(13-17)21(31)28-8-6-19(30)7-9-28/h2-5,16-17,19,30H,6-13H2,1H3. The molecule has 1 aromatic carbocycles. The highest BCUT2D eigenvalue weighted by molar-refractivity contribution is 6.04. The molecule has 31 heavy (non-hydrogen) atoms. The number of carbonyl (C=O) groups excluding carboxylic acids is 1. The lowest BCUT2D eigenvalue weighted by Gasteiger charge is -2.41. The summed E-state index contributed by atoms with van der Waals surface area (Å²) in [5, 5.41) is 9.74. The molecule has 2 amide bonds. The summed E-state index contributed by atoms with van der Waals surface area (Å²) in [5.41, 5.74) is 1.05. The van der Waals surface area contributed by atoms with Crippen LogP contribution in [0.5, 0.6) is 0 Å². The number of likely N-dealkylation sites (tertiary alicyclic amines) is 2. The van der Waals surface area contributed by atoms with Crippen molar-refractivity contribution in [3.05, 3.63) is 35.4 Å². The monoisotopic (exact) mass is 436 g/mol. The number of aliphatic hydroxyl groups is 1. The number of hydrogen-bond donors (Lipinski definition) is 1. The van der Waals surface area contributed by atoms with Crippen LogP contribution in [-0.4, -0.2) is 71.3 Å². The lowest BCUT2D eigenvalue weighted by Crippen LogP contribution is -2.52. The maximum atomic E-state index is 13.2. The Morgan fingerprint density at radius 3 is 2.29 bits per heavy atom. The Bertz CT molecular complexity index is 874. The van der Waals surface area contributed by atoms with Crippen molar-refractivity contribution >= 4 is 17.6 Å². The lowest BCUT2D eigenvalue weighted by molar-refractivity contribution is -0.137. The van der Waals surface area contributed by atoms with Crippen molar-refractivity contribution in [3.63, 3.8) is 0 Å². The van der Waals surface area contributed by atoms with Gasteiger partial charge in [-0.2, -0.15) is 13.2 Å². The zero-order chi connectivity index (χ0) is 22.2. The first-order valence-corrected chi connectivity index (χ1v) is 10.7. The predicted octanol–water partition coefficient (Wildman–Crippen LogP) is 3.56. The number of carbonyl (C=O) groups is 1. The molecule has 2 saturated heterocycles. The number of nitrogens with zero attached hydrogens (tertiary/aromatic N) is 4. The zero-order valence-electron chi connectivity index (χ0n) is 17.5. The number of amides is 2. The molecular weight excluding hydrogens is 409 g/mol. The Morgan fingerprint density at radius 2 is 1.71 bits per heavy atom. The summed E-state index contributed by atoms with van der Waals surface area (Å²) in [7, 11) is 0. The highest BCUT2D eigenvalue weighted by Crippen LogP contribution is 2.35. The van der Waals surface area contributed by atoms with Crippen LogP contribution in [0.15, 0.2) is 34.3 Å². The van der Waals surface area contributed by atoms with Crippen LogP contribution in [-0.2, 0) is 6.18 Å². The summed E-state index contributed by atoms with van der Waals surface area (Å²) in [4.78, 5) is 25.6. The molecule has 4 rings (SSSR count). The van der Waals surface area contributed by atoms with E-state index in [0.717, 1.165) is 35.7 Å². The van der Waals surface area contributed by atoms with Gasteiger partial charge in [0.2, 0.25) is 0 Å². The van der Waals surface area contributed by atoms with Gasteiger partial charge in [-0.15, -0.1) is 0 Å². The summed E-state index contributed by atoms with van der Waals surface area (Å²) < 4.78 is 38.9. The van der Waals surface area contributed by atoms with Crippen molar-refractivity contribution in [1.82, 2.24) is 9.80 Å². The number of amidine groups is 1. The molecule has 2 atom stereocenters. The molecule has 3 heterocycles. The van der Waals surface area contributed by atoms with E-state index in [1.807, 2.05) is 6.92 Å². The number of piperidine rings is 2. The number of aliphatic hydroxyl groups excluding tert-OH is 1. The summed E-state index contributed by atoms with van der Waals surface area (Å²) in [6.45, 7) is 4.34. The maximum Gasteiger partial charge on any atom is 0.416 e. The highest BCUT2D eigenvalue weighted by atomic mass is 19.4. The van der Waals surface area contributed by atoms with Crippen molar-refractivity contribution in [3.8, 4) is 0 Å². The minimum atomic E-state index is -4.37. The van der Waals surface area contributed by atoms with Crippen LogP contribution in [0.4, 0.5) is 18.0 Å². The van der Waals surface area contributed by atoms with Crippen LogP contribution < -0.4 is 0 Å². The van der Waals surface area contributed by atoms with E-state index in [-0.39, 0.29) is 24.0 Å². The first kappa shape index (κ1) is 21.8. The third kappa shape index (κ3) is 4.92. The Morgan fingerprint density at radius 1 is 1.06 bits per heavy atom. The molecule has 0 radical (unpaired) electrons. The van der Waals surface area contributed by atoms with Crippen molar-refractivity contribution in [2.75, 3.05) is 32.7 Å². The van der Waals surface area contributed by atoms with Gasteiger partial charge >= 0.3 is 12.2 Å². The van der Waals surface area contributed by atoms with Gasteiger partial charge in [0.05, 0.1) is 18.2 Å². The number of aliphatic imine (C=N–C) groups is 2. The molecular formula is C22H27F3N4O2. The molecule has 0 bridgehead atoms. The molecule has 0 aromatic heterocycles. The van der Waals surface area contributed by atoms with Crippen LogP contribution in [0.1, 0.15) is 43.2 Å². The van der Waals surface area contributed by atoms with Gasteiger partial charge in [0.1, 0.15) is 5.84 Å². The Labute approximate surface area is 179 Å². The highest BCUT2D eigenvalue weighted by Gasteiger charge is 2.37. The van der Waals surface area contributed by atoms with Gasteiger partial charge in [0.15, 0.2) is 0 Å². The fraction of sp³-hybridized carbons (Fsp3) is 0.591. The second kappa shape index (κ2) is 8.61. The smallest absolute Gasteiger partial charge is 0.393 e. The summed E-state index contributed by atoms with van der Waals surface area (Å²) in [5.74, 6) is 0.653. The maximum absolute atomic E-state index is 13.2. The number of rotatable bonds is 2. The van der Waals surface area contributed by atoms with Crippen LogP contribution in [0.25, 0.3) is 0 Å². The van der Waals surface area contributed by atoms with E-state index in [2.05, 4.69) is 9.98 Å². The van der Waals surface area contributed by atoms with Gasteiger partial charge in [-0.1, -0.05) is 12.1 Å². The number of urea groups is 1. The first-order chi connectivity index (χ1) is 14.7. The molecule has 1 aromatic rings. The quantitative estimate of drug-likeness (QED) is 0.770. The fourth-order valence-corrected chi connectivity index (χ4v) is 4.63. The van der Waals surface area contributed by atoms with Gasteiger partial charge in [-0.05, 0) is 43.9 Å². The first-order valence-electron chi connectivity index (χ1n) is 10.7. The van der Waals surface area contributed by atoms with E-state index in [4.69, 9.17) is 0 Å². The van der Waals surface area contributed by atoms with Gasteiger partial charge in [-0.3, -0.25) is 4.99 Å². The van der Waals surface area contributed by atoms with Gasteiger partial charge in [0.25, 0.3) is 0 Å². The van der Waals surface area contributed by atoms with Crippen molar-refractivity contribution in [2.45, 2.75) is 44.4 Å². The second-order valence-corrected chi connectivity index (χ2v) is 8.62. The van der Waals surface area contributed by atoms with Crippen LogP contribution in [0.3, 0.4) is 0 Å². The van der Waals surface area contributed by atoms with E-state index in [1.54, 1.807) is 9.80 Å². The molecule has 0 aliphatic carbocycles. The molecule has 3 aliphatic heterocycles. The third-order valence-corrected chi connectivity index (χ3v) is 6.41. The van der Waals surface area contributed by atoms with E-state index in [9.17, 15) is 23.1 Å². The Kier molecular flexibility index (Phi) is 6.05. The molecule has 168 valence electrons. The second-order valence-electron chi connectivity index (χ2n) is 8.62. The topological polar surface area (TPSA) is 68.5 Å². The van der Waals surface area contributed by atoms with Crippen molar-refractivity contribution < 1.29 is 23.1 Å². The molecule has 2 unspecified atom stereocenters. The van der Waals surface area contributed by atoms with E-state index in [1.165, 1.54) is 12.1 Å². The Hall–Kier alpha value is -2.42. The molecule has 0 saturated carbocycles. The molecule has 1 N–H and O–H groups in total. The van der Waals surface area contributed by atoms with Crippen LogP contribution in [0, 0.1) is 5.92 Å². The average Bonchev–Trinajstić information content (AvgIpc) is 3.19. The number of alkyl halides is 3. The van der Waals surface area contributed by atoms with Crippen LogP contribution >= 0.6 is 0 Å². The van der Waals surface area contributed by atoms with Gasteiger partial charge in [-0.25, -0.2) is 9.79 Å². The normalized spacial score (nSPS) is 25.5. The van der Waals surface area contributed by atoms with Crippen LogP contribution in [0.2, 0.25) is 0 Å². The Balaban J connectivity index is 1.55. The number of hydrogen-bond acceptors (Lipinski definition) is 4. The third-order valence-electron chi connectivity index (χ3n) is 6.41. The molecule has 2 fully saturated rings. The molecule has 0 spiro atoms. The van der Waals surface area contributed by atoms with Gasteiger partial charge in [0, 0.05) is 43.7 Å². The minimum Gasteiger partial charge on any atom is -0.393 e. The number of benzene rings is 1. The predicted molar refractivity (Wildman–Crippen MR) is 111 cm³/mol. The van der Waals surface area contributed by atoms with Gasteiger partial charge < -0.3 is 14.9 Å². The summed E-state index contributed by atoms with van der Waals surface area (Å²) in [6.07, 6.45) is -2.90. The van der Waals surface area contributed by atoms with E-state index in [0.29, 0.717) is 45.6 Å². The van der Waals surface area contributed by atoms with Crippen molar-refractivity contribution in [1.29, 1.82) is 0 Å². The van der Waals surface area contributed by atoms with Crippen molar-refractivity contribution in [2.24, 2.45) is 15.9 Å². The molecule has 3 aliphatic rings. The molecule has 9 heteroatoms. The minimum absolute atomic E-state index is 0.0153. The number of halogens is 3. The summed E-state index contributed by atoms with van der Waals surface area (Å²) >= 11 is 0. The average molecular weight is 436 g/mol. The summed E-state index contributed by atoms with van der Waals surface area (Å²) in [6, 6.07) is 5.18. The van der Waals surface area contributed by atoms with E-state index >= 15 is 0 Å². The SMILES string of the molecule is CC1=NCC(C2CC(c3ccc(C(F)(F)F)cc3)CN(C(=O)N3CCC(O)CC3)C2)=N1.